The van der Waals surface area contributed by atoms with Crippen LogP contribution in [-0.2, 0) is 12.3 Å². The van der Waals surface area contributed by atoms with E-state index in [2.05, 4.69) is 27.4 Å². The molecule has 1 N–H and O–H groups in total. The molecule has 0 bridgehead atoms. The molecule has 3 rings (SSSR count). The van der Waals surface area contributed by atoms with Crippen molar-refractivity contribution in [2.24, 2.45) is 0 Å². The maximum atomic E-state index is 12.8. The normalized spacial score (nSPS) is 10.7. The number of aryl methyl sites for hydroxylation is 1. The summed E-state index contributed by atoms with van der Waals surface area (Å²) in [5, 5.41) is 7.57. The number of carbonyl (C=O) groups is 1. The van der Waals surface area contributed by atoms with Crippen molar-refractivity contribution < 1.29 is 14.1 Å². The van der Waals surface area contributed by atoms with Crippen LogP contribution in [0.5, 0.6) is 5.88 Å². The summed E-state index contributed by atoms with van der Waals surface area (Å²) in [4.78, 5) is 21.4. The molecule has 0 aliphatic rings. The van der Waals surface area contributed by atoms with E-state index in [0.29, 0.717) is 35.4 Å². The van der Waals surface area contributed by atoms with Crippen molar-refractivity contribution in [3.8, 4) is 5.88 Å². The smallest absolute Gasteiger partial charge is 0.254 e. The van der Waals surface area contributed by atoms with E-state index in [-0.39, 0.29) is 5.91 Å². The summed E-state index contributed by atoms with van der Waals surface area (Å²) in [6.45, 7) is 4.89. The Balaban J connectivity index is 1.63. The quantitative estimate of drug-likeness (QED) is 0.395. The number of ether oxygens (including phenoxy) is 1. The fourth-order valence-corrected chi connectivity index (χ4v) is 3.45. The molecule has 152 valence electrons. The van der Waals surface area contributed by atoms with Crippen molar-refractivity contribution in [1.29, 1.82) is 0 Å². The molecule has 0 spiro atoms. The average molecular weight is 413 g/mol. The molecule has 29 heavy (non-hydrogen) atoms. The van der Waals surface area contributed by atoms with E-state index in [1.165, 1.54) is 11.8 Å². The van der Waals surface area contributed by atoms with Crippen LogP contribution in [0.15, 0.2) is 52.3 Å². The molecular weight excluding hydrogens is 388 g/mol. The second-order valence-corrected chi connectivity index (χ2v) is 7.39. The Labute approximate surface area is 174 Å². The number of hydrogen-bond acceptors (Lipinski definition) is 7. The summed E-state index contributed by atoms with van der Waals surface area (Å²) in [5.74, 6) is 1.70. The van der Waals surface area contributed by atoms with Gasteiger partial charge in [0, 0.05) is 36.3 Å². The molecule has 8 heteroatoms. The monoisotopic (exact) mass is 412 g/mol. The summed E-state index contributed by atoms with van der Waals surface area (Å²) in [5.41, 5.74) is 2.18. The van der Waals surface area contributed by atoms with Gasteiger partial charge in [0.1, 0.15) is 10.8 Å². The molecule has 0 saturated carbocycles. The lowest BCUT2D eigenvalue weighted by Gasteiger charge is -2.12. The summed E-state index contributed by atoms with van der Waals surface area (Å²) >= 11 is 1.45. The van der Waals surface area contributed by atoms with Crippen molar-refractivity contribution in [2.75, 3.05) is 6.61 Å². The third-order valence-corrected chi connectivity index (χ3v) is 5.11. The molecule has 0 fully saturated rings. The van der Waals surface area contributed by atoms with E-state index < -0.39 is 0 Å². The van der Waals surface area contributed by atoms with Crippen molar-refractivity contribution in [2.45, 2.75) is 44.0 Å². The minimum atomic E-state index is -0.194. The predicted molar refractivity (Wildman–Crippen MR) is 111 cm³/mol. The zero-order chi connectivity index (χ0) is 20.5. The lowest BCUT2D eigenvalue weighted by molar-refractivity contribution is 0.0947. The van der Waals surface area contributed by atoms with Crippen molar-refractivity contribution >= 4 is 17.7 Å². The van der Waals surface area contributed by atoms with Gasteiger partial charge in [-0.05, 0) is 31.5 Å². The van der Waals surface area contributed by atoms with Gasteiger partial charge in [0.15, 0.2) is 0 Å². The third-order valence-electron chi connectivity index (χ3n) is 4.08. The van der Waals surface area contributed by atoms with Gasteiger partial charge in [0.2, 0.25) is 5.88 Å². The van der Waals surface area contributed by atoms with E-state index >= 15 is 0 Å². The van der Waals surface area contributed by atoms with E-state index in [0.717, 1.165) is 29.9 Å². The number of nitrogens with zero attached hydrogens (tertiary/aromatic N) is 3. The molecule has 0 radical (unpaired) electrons. The van der Waals surface area contributed by atoms with Gasteiger partial charge >= 0.3 is 0 Å². The average Bonchev–Trinajstić information content (AvgIpc) is 3.17. The van der Waals surface area contributed by atoms with Crippen LogP contribution < -0.4 is 10.1 Å². The van der Waals surface area contributed by atoms with E-state index in [1.807, 2.05) is 25.1 Å². The second-order valence-electron chi connectivity index (χ2n) is 6.43. The van der Waals surface area contributed by atoms with Crippen molar-refractivity contribution in [1.82, 2.24) is 20.4 Å². The van der Waals surface area contributed by atoms with Gasteiger partial charge < -0.3 is 14.6 Å². The summed E-state index contributed by atoms with van der Waals surface area (Å²) in [6, 6.07) is 9.13. The number of pyridine rings is 2. The number of hydrogen-bond donors (Lipinski definition) is 1. The Morgan fingerprint density at radius 1 is 1.24 bits per heavy atom. The zero-order valence-corrected chi connectivity index (χ0v) is 17.4. The highest BCUT2D eigenvalue weighted by Gasteiger charge is 2.14. The van der Waals surface area contributed by atoms with E-state index in [9.17, 15) is 4.79 Å². The number of aromatic nitrogens is 3. The first-order valence-corrected chi connectivity index (χ1v) is 10.5. The largest absolute Gasteiger partial charge is 0.477 e. The molecule has 7 nitrogen and oxygen atoms in total. The summed E-state index contributed by atoms with van der Waals surface area (Å²) in [6.07, 6.45) is 5.37. The van der Waals surface area contributed by atoms with Gasteiger partial charge in [-0.25, -0.2) is 9.97 Å². The Bertz CT molecular complexity index is 945. The van der Waals surface area contributed by atoms with Crippen LogP contribution in [-0.4, -0.2) is 27.6 Å². The number of unbranched alkanes of at least 4 members (excludes halogenated alkanes) is 1. The van der Waals surface area contributed by atoms with Gasteiger partial charge in [0.05, 0.1) is 17.9 Å². The van der Waals surface area contributed by atoms with Crippen molar-refractivity contribution in [3.05, 3.63) is 65.3 Å². The van der Waals surface area contributed by atoms with Crippen LogP contribution in [0, 0.1) is 6.92 Å². The third kappa shape index (κ3) is 6.05. The molecule has 0 aromatic carbocycles. The van der Waals surface area contributed by atoms with Crippen LogP contribution >= 0.6 is 11.8 Å². The van der Waals surface area contributed by atoms with E-state index in [4.69, 9.17) is 9.26 Å². The predicted octanol–water partition coefficient (Wildman–Crippen LogP) is 4.17. The number of nitrogens with one attached hydrogen (secondary N) is 1. The second kappa shape index (κ2) is 10.6. The fourth-order valence-electron chi connectivity index (χ4n) is 2.58. The fraction of sp³-hybridized carbons (Fsp3) is 0.333. The van der Waals surface area contributed by atoms with Crippen LogP contribution in [0.1, 0.15) is 47.1 Å². The molecule has 3 aromatic rings. The van der Waals surface area contributed by atoms with Crippen LogP contribution in [0.2, 0.25) is 0 Å². The van der Waals surface area contributed by atoms with Crippen LogP contribution in [0.4, 0.5) is 0 Å². The van der Waals surface area contributed by atoms with Crippen LogP contribution in [0.25, 0.3) is 0 Å². The molecule has 3 heterocycles. The van der Waals surface area contributed by atoms with Gasteiger partial charge in [0.25, 0.3) is 5.91 Å². The van der Waals surface area contributed by atoms with Gasteiger partial charge in [-0.2, -0.15) is 0 Å². The summed E-state index contributed by atoms with van der Waals surface area (Å²) < 4.78 is 10.8. The Kier molecular flexibility index (Phi) is 7.63. The van der Waals surface area contributed by atoms with E-state index in [1.54, 1.807) is 24.5 Å². The Morgan fingerprint density at radius 3 is 2.86 bits per heavy atom. The zero-order valence-electron chi connectivity index (χ0n) is 16.6. The first-order valence-electron chi connectivity index (χ1n) is 9.52. The van der Waals surface area contributed by atoms with Gasteiger partial charge in [-0.3, -0.25) is 4.79 Å². The topological polar surface area (TPSA) is 90.1 Å². The molecule has 0 aliphatic heterocycles. The number of carbonyl (C=O) groups excluding carboxylic acids is 1. The van der Waals surface area contributed by atoms with Gasteiger partial charge in [-0.1, -0.05) is 36.3 Å². The highest BCUT2D eigenvalue weighted by Crippen LogP contribution is 2.24. The lowest BCUT2D eigenvalue weighted by atomic mass is 10.2. The maximum absolute atomic E-state index is 12.8. The van der Waals surface area contributed by atoms with Crippen LogP contribution in [0.3, 0.4) is 0 Å². The SMILES string of the molecule is CCCCOc1ncccc1CNC(=O)c1cccnc1SCc1cc(C)on1. The molecule has 0 saturated heterocycles. The first-order chi connectivity index (χ1) is 14.2. The molecule has 3 aromatic heterocycles. The lowest BCUT2D eigenvalue weighted by Crippen LogP contribution is -2.24. The Morgan fingerprint density at radius 2 is 2.07 bits per heavy atom. The molecule has 0 aliphatic carbocycles. The molecular formula is C21H24N4O3S. The first kappa shape index (κ1) is 20.9. The standard InChI is InChI=1S/C21H24N4O3S/c1-3-4-11-27-20-16(7-5-9-22-20)13-24-19(26)18-8-6-10-23-21(18)29-14-17-12-15(2)28-25-17/h5-10,12H,3-4,11,13-14H2,1-2H3,(H,24,26). The number of amides is 1. The van der Waals surface area contributed by atoms with Crippen molar-refractivity contribution in [3.63, 3.8) is 0 Å². The molecule has 1 amide bonds. The minimum absolute atomic E-state index is 0.194. The maximum Gasteiger partial charge on any atom is 0.254 e. The van der Waals surface area contributed by atoms with Gasteiger partial charge in [-0.15, -0.1) is 0 Å². The molecule has 0 unspecified atom stereocenters. The molecule has 0 atom stereocenters. The summed E-state index contributed by atoms with van der Waals surface area (Å²) in [7, 11) is 0. The highest BCUT2D eigenvalue weighted by atomic mass is 32.2. The highest BCUT2D eigenvalue weighted by molar-refractivity contribution is 7.98. The minimum Gasteiger partial charge on any atom is -0.477 e. The Hall–Kier alpha value is -2.87. The number of rotatable bonds is 10. The number of thioether (sulfide) groups is 1.